The second-order valence-corrected chi connectivity index (χ2v) is 13.3. The van der Waals surface area contributed by atoms with Crippen molar-refractivity contribution in [3.63, 3.8) is 0 Å². The largest absolute Gasteiger partial charge is 0.354 e. The number of carbonyl (C=O) groups excluding carboxylic acids is 2. The molecule has 7 nitrogen and oxygen atoms in total. The number of carbonyl (C=O) groups is 2. The Kier molecular flexibility index (Phi) is 12.4. The van der Waals surface area contributed by atoms with Gasteiger partial charge >= 0.3 is 0 Å². The summed E-state index contributed by atoms with van der Waals surface area (Å²) in [7, 11) is -4.28. The van der Waals surface area contributed by atoms with Crippen LogP contribution in [-0.4, -0.2) is 44.3 Å². The van der Waals surface area contributed by atoms with Crippen molar-refractivity contribution >= 4 is 73.9 Å². The van der Waals surface area contributed by atoms with Crippen LogP contribution in [0.1, 0.15) is 44.2 Å². The van der Waals surface area contributed by atoms with E-state index < -0.39 is 28.5 Å². The normalized spacial score (nSPS) is 12.1. The summed E-state index contributed by atoms with van der Waals surface area (Å²) in [5.74, 6) is -1.00. The Labute approximate surface area is 267 Å². The smallest absolute Gasteiger partial charge is 0.264 e. The van der Waals surface area contributed by atoms with Gasteiger partial charge in [0.25, 0.3) is 10.0 Å². The molecule has 0 aliphatic rings. The van der Waals surface area contributed by atoms with Crippen molar-refractivity contribution in [1.29, 1.82) is 0 Å². The van der Waals surface area contributed by atoms with Crippen LogP contribution in [0, 0.1) is 6.92 Å². The number of anilines is 1. The van der Waals surface area contributed by atoms with Crippen molar-refractivity contribution in [3.8, 4) is 0 Å². The summed E-state index contributed by atoms with van der Waals surface area (Å²) in [5.41, 5.74) is 1.40. The van der Waals surface area contributed by atoms with E-state index in [9.17, 15) is 18.0 Å². The van der Waals surface area contributed by atoms with Gasteiger partial charge in [-0.05, 0) is 62.2 Å². The Bertz CT molecular complexity index is 1480. The van der Waals surface area contributed by atoms with Crippen molar-refractivity contribution in [1.82, 2.24) is 10.2 Å². The average molecular weight is 673 g/mol. The van der Waals surface area contributed by atoms with E-state index >= 15 is 0 Å². The summed E-state index contributed by atoms with van der Waals surface area (Å²) in [6, 6.07) is 14.6. The van der Waals surface area contributed by atoms with E-state index in [0.717, 1.165) is 22.7 Å². The van der Waals surface area contributed by atoms with Crippen LogP contribution in [0.5, 0.6) is 0 Å². The van der Waals surface area contributed by atoms with Crippen molar-refractivity contribution < 1.29 is 18.0 Å². The zero-order chi connectivity index (χ0) is 31.0. The van der Waals surface area contributed by atoms with Gasteiger partial charge in [-0.2, -0.15) is 0 Å². The standard InChI is InChI=1S/C30H33Cl4N3O4S/c1-4-6-14-35-30(39)28(5-2)36(18-25-26(33)8-7-9-27(25)34)29(38)19-37(23-16-21(31)15-22(32)17-23)42(40,41)24-12-10-20(3)11-13-24/h7-13,15-17,28H,4-6,14,18-19H2,1-3H3,(H,35,39)/t28-/m1/s1. The number of hydrogen-bond acceptors (Lipinski definition) is 4. The van der Waals surface area contributed by atoms with E-state index in [-0.39, 0.29) is 39.5 Å². The first-order valence-electron chi connectivity index (χ1n) is 13.4. The molecule has 0 aromatic heterocycles. The molecule has 2 amide bonds. The maximum Gasteiger partial charge on any atom is 0.264 e. The Morgan fingerprint density at radius 1 is 0.905 bits per heavy atom. The third kappa shape index (κ3) is 8.54. The van der Waals surface area contributed by atoms with Crippen molar-refractivity contribution in [2.24, 2.45) is 0 Å². The highest BCUT2D eigenvalue weighted by Crippen LogP contribution is 2.31. The quantitative estimate of drug-likeness (QED) is 0.190. The van der Waals surface area contributed by atoms with Gasteiger partial charge in [-0.15, -0.1) is 0 Å². The first-order valence-corrected chi connectivity index (χ1v) is 16.4. The number of amides is 2. The molecule has 3 rings (SSSR count). The molecular formula is C30H33Cl4N3O4S. The molecule has 0 spiro atoms. The predicted molar refractivity (Wildman–Crippen MR) is 171 cm³/mol. The molecule has 12 heteroatoms. The Hall–Kier alpha value is -2.49. The summed E-state index contributed by atoms with van der Waals surface area (Å²) < 4.78 is 28.9. The minimum absolute atomic E-state index is 0.0259. The third-order valence-electron chi connectivity index (χ3n) is 6.63. The van der Waals surface area contributed by atoms with Crippen molar-refractivity contribution in [3.05, 3.63) is 91.9 Å². The molecule has 1 N–H and O–H groups in total. The molecule has 226 valence electrons. The molecule has 1 atom stereocenters. The fourth-order valence-electron chi connectivity index (χ4n) is 4.33. The maximum atomic E-state index is 14.2. The van der Waals surface area contributed by atoms with Crippen LogP contribution in [0.3, 0.4) is 0 Å². The lowest BCUT2D eigenvalue weighted by atomic mass is 10.1. The van der Waals surface area contributed by atoms with Crippen LogP contribution < -0.4 is 9.62 Å². The number of benzene rings is 3. The summed E-state index contributed by atoms with van der Waals surface area (Å²) >= 11 is 25.4. The van der Waals surface area contributed by atoms with Gasteiger partial charge in [0.05, 0.1) is 10.6 Å². The van der Waals surface area contributed by atoms with Crippen LogP contribution in [0.2, 0.25) is 20.1 Å². The van der Waals surface area contributed by atoms with Gasteiger partial charge in [-0.3, -0.25) is 13.9 Å². The molecule has 0 saturated heterocycles. The number of rotatable bonds is 13. The maximum absolute atomic E-state index is 14.2. The lowest BCUT2D eigenvalue weighted by molar-refractivity contribution is -0.140. The Morgan fingerprint density at radius 2 is 1.50 bits per heavy atom. The topological polar surface area (TPSA) is 86.8 Å². The molecule has 0 aliphatic carbocycles. The summed E-state index contributed by atoms with van der Waals surface area (Å²) in [6.45, 7) is 5.29. The minimum atomic E-state index is -4.28. The first kappa shape index (κ1) is 34.0. The first-order chi connectivity index (χ1) is 19.9. The molecule has 0 radical (unpaired) electrons. The molecule has 0 aliphatic heterocycles. The molecule has 3 aromatic rings. The third-order valence-corrected chi connectivity index (χ3v) is 9.56. The highest BCUT2D eigenvalue weighted by molar-refractivity contribution is 7.92. The van der Waals surface area contributed by atoms with Gasteiger partial charge in [-0.1, -0.05) is 90.4 Å². The van der Waals surface area contributed by atoms with E-state index in [1.54, 1.807) is 37.3 Å². The molecule has 0 heterocycles. The van der Waals surface area contributed by atoms with Crippen LogP contribution in [-0.2, 0) is 26.2 Å². The molecule has 0 fully saturated rings. The summed E-state index contributed by atoms with van der Waals surface area (Å²) in [6.07, 6.45) is 1.91. The molecule has 42 heavy (non-hydrogen) atoms. The van der Waals surface area contributed by atoms with Crippen LogP contribution in [0.25, 0.3) is 0 Å². The number of nitrogens with zero attached hydrogens (tertiary/aromatic N) is 2. The monoisotopic (exact) mass is 671 g/mol. The Balaban J connectivity index is 2.11. The van der Waals surface area contributed by atoms with Crippen LogP contribution in [0.15, 0.2) is 65.6 Å². The molecule has 0 saturated carbocycles. The van der Waals surface area contributed by atoms with Crippen LogP contribution >= 0.6 is 46.4 Å². The highest BCUT2D eigenvalue weighted by Gasteiger charge is 2.34. The second kappa shape index (κ2) is 15.3. The zero-order valence-electron chi connectivity index (χ0n) is 23.5. The number of sulfonamides is 1. The average Bonchev–Trinajstić information content (AvgIpc) is 2.92. The molecular weight excluding hydrogens is 640 g/mol. The van der Waals surface area contributed by atoms with Gasteiger partial charge < -0.3 is 10.2 Å². The second-order valence-electron chi connectivity index (χ2n) is 9.74. The SMILES string of the molecule is CCCCNC(=O)[C@@H](CC)N(Cc1c(Cl)cccc1Cl)C(=O)CN(c1cc(Cl)cc(Cl)c1)S(=O)(=O)c1ccc(C)cc1. The van der Waals surface area contributed by atoms with E-state index in [0.29, 0.717) is 22.2 Å². The number of nitrogens with one attached hydrogen (secondary N) is 1. The zero-order valence-corrected chi connectivity index (χ0v) is 27.4. The van der Waals surface area contributed by atoms with Gasteiger partial charge in [0.15, 0.2) is 0 Å². The predicted octanol–water partition coefficient (Wildman–Crippen LogP) is 7.53. The fraction of sp³-hybridized carbons (Fsp3) is 0.333. The van der Waals surface area contributed by atoms with Gasteiger partial charge in [-0.25, -0.2) is 8.42 Å². The van der Waals surface area contributed by atoms with Gasteiger partial charge in [0.1, 0.15) is 12.6 Å². The van der Waals surface area contributed by atoms with Crippen molar-refractivity contribution in [2.75, 3.05) is 17.4 Å². The van der Waals surface area contributed by atoms with E-state index in [1.165, 1.54) is 35.2 Å². The lowest BCUT2D eigenvalue weighted by Crippen LogP contribution is -2.52. The molecule has 0 bridgehead atoms. The minimum Gasteiger partial charge on any atom is -0.354 e. The molecule has 3 aromatic carbocycles. The van der Waals surface area contributed by atoms with Crippen molar-refractivity contribution in [2.45, 2.75) is 57.5 Å². The van der Waals surface area contributed by atoms with Gasteiger partial charge in [0, 0.05) is 38.7 Å². The van der Waals surface area contributed by atoms with E-state index in [1.807, 2.05) is 13.8 Å². The number of hydrogen-bond donors (Lipinski definition) is 1. The fourth-order valence-corrected chi connectivity index (χ4v) is 6.76. The lowest BCUT2D eigenvalue weighted by Gasteiger charge is -2.33. The number of aryl methyl sites for hydroxylation is 1. The van der Waals surface area contributed by atoms with E-state index in [2.05, 4.69) is 5.32 Å². The summed E-state index contributed by atoms with van der Waals surface area (Å²) in [5, 5.41) is 3.89. The Morgan fingerprint density at radius 3 is 2.05 bits per heavy atom. The number of halogens is 4. The highest BCUT2D eigenvalue weighted by atomic mass is 35.5. The molecule has 0 unspecified atom stereocenters. The summed E-state index contributed by atoms with van der Waals surface area (Å²) in [4.78, 5) is 28.8. The van der Waals surface area contributed by atoms with E-state index in [4.69, 9.17) is 46.4 Å². The number of unbranched alkanes of at least 4 members (excludes halogenated alkanes) is 1. The van der Waals surface area contributed by atoms with Crippen LogP contribution in [0.4, 0.5) is 5.69 Å². The van der Waals surface area contributed by atoms with Gasteiger partial charge in [0.2, 0.25) is 11.8 Å².